The first-order chi connectivity index (χ1) is 12.7. The van der Waals surface area contributed by atoms with E-state index in [0.29, 0.717) is 10.3 Å². The number of aryl methyl sites for hydroxylation is 1. The number of thioether (sulfide) groups is 1. The molecule has 0 radical (unpaired) electrons. The molecule has 0 aliphatic heterocycles. The van der Waals surface area contributed by atoms with Crippen LogP contribution in [0.25, 0.3) is 11.4 Å². The number of nitrogens with one attached hydrogen (secondary N) is 1. The summed E-state index contributed by atoms with van der Waals surface area (Å²) in [5.41, 5.74) is 2.38. The molecular weight excluding hydrogens is 380 g/mol. The summed E-state index contributed by atoms with van der Waals surface area (Å²) in [4.78, 5) is 12.1. The smallest absolute Gasteiger partial charge is 0.236 e. The second-order valence-electron chi connectivity index (χ2n) is 7.16. The van der Waals surface area contributed by atoms with Crippen LogP contribution in [0.1, 0.15) is 31.3 Å². The van der Waals surface area contributed by atoms with Crippen LogP contribution in [-0.4, -0.2) is 36.6 Å². The lowest BCUT2D eigenvalue weighted by atomic mass is 9.87. The summed E-state index contributed by atoms with van der Waals surface area (Å²) in [5, 5.41) is 21.0. The number of hydrogen-bond donors (Lipinski definition) is 1. The van der Waals surface area contributed by atoms with Gasteiger partial charge in [0.05, 0.1) is 5.75 Å². The van der Waals surface area contributed by atoms with E-state index in [1.165, 1.54) is 28.7 Å². The van der Waals surface area contributed by atoms with E-state index in [-0.39, 0.29) is 17.1 Å². The molecule has 0 fully saturated rings. The minimum Gasteiger partial charge on any atom is -0.305 e. The molecule has 0 aliphatic carbocycles. The van der Waals surface area contributed by atoms with Gasteiger partial charge in [-0.15, -0.1) is 20.4 Å². The lowest BCUT2D eigenvalue weighted by Crippen LogP contribution is -2.14. The van der Waals surface area contributed by atoms with E-state index >= 15 is 0 Å². The highest BCUT2D eigenvalue weighted by atomic mass is 32.2. The average Bonchev–Trinajstić information content (AvgIpc) is 3.18. The molecule has 0 spiro atoms. The van der Waals surface area contributed by atoms with Crippen LogP contribution >= 0.6 is 23.1 Å². The Balaban J connectivity index is 1.65. The van der Waals surface area contributed by atoms with Crippen molar-refractivity contribution in [1.82, 2.24) is 25.0 Å². The highest BCUT2D eigenvalue weighted by molar-refractivity contribution is 7.99. The number of hydrogen-bond acceptors (Lipinski definition) is 7. The van der Waals surface area contributed by atoms with Crippen molar-refractivity contribution >= 4 is 34.1 Å². The summed E-state index contributed by atoms with van der Waals surface area (Å²) >= 11 is 2.69. The van der Waals surface area contributed by atoms with Crippen LogP contribution in [0.4, 0.5) is 5.13 Å². The SMILES string of the molecule is Cc1nnc(NC(=O)CSc2nnc(-c3ccc(C(C)(C)C)cc3)n2C)s1. The Hall–Kier alpha value is -2.26. The Bertz CT molecular complexity index is 940. The first-order valence-corrected chi connectivity index (χ1v) is 10.3. The molecular formula is C18H22N6OS2. The number of aromatic nitrogens is 5. The first kappa shape index (κ1) is 19.5. The minimum absolute atomic E-state index is 0.109. The molecule has 0 atom stereocenters. The molecule has 0 bridgehead atoms. The quantitative estimate of drug-likeness (QED) is 0.656. The molecule has 9 heteroatoms. The number of nitrogens with zero attached hydrogens (tertiary/aromatic N) is 5. The molecule has 0 aliphatic rings. The van der Waals surface area contributed by atoms with Gasteiger partial charge in [0.2, 0.25) is 11.0 Å². The fourth-order valence-corrected chi connectivity index (χ4v) is 3.76. The van der Waals surface area contributed by atoms with Crippen LogP contribution in [0.3, 0.4) is 0 Å². The Morgan fingerprint density at radius 3 is 2.44 bits per heavy atom. The van der Waals surface area contributed by atoms with Crippen LogP contribution < -0.4 is 5.32 Å². The van der Waals surface area contributed by atoms with E-state index in [2.05, 4.69) is 70.7 Å². The van der Waals surface area contributed by atoms with E-state index < -0.39 is 0 Å². The summed E-state index contributed by atoms with van der Waals surface area (Å²) in [5.74, 6) is 0.862. The fourth-order valence-electron chi connectivity index (χ4n) is 2.44. The molecule has 2 aromatic heterocycles. The maximum absolute atomic E-state index is 12.1. The highest BCUT2D eigenvalue weighted by Gasteiger charge is 2.16. The molecule has 2 heterocycles. The van der Waals surface area contributed by atoms with Gasteiger partial charge in [0.1, 0.15) is 5.01 Å². The fraction of sp³-hybridized carbons (Fsp3) is 0.389. The topological polar surface area (TPSA) is 85.6 Å². The zero-order valence-electron chi connectivity index (χ0n) is 16.0. The molecule has 27 heavy (non-hydrogen) atoms. The van der Waals surface area contributed by atoms with Crippen molar-refractivity contribution < 1.29 is 4.79 Å². The Morgan fingerprint density at radius 1 is 1.15 bits per heavy atom. The molecule has 0 saturated heterocycles. The second-order valence-corrected chi connectivity index (χ2v) is 9.28. The van der Waals surface area contributed by atoms with Gasteiger partial charge in [0, 0.05) is 12.6 Å². The summed E-state index contributed by atoms with van der Waals surface area (Å²) in [6.07, 6.45) is 0. The Labute approximate surface area is 166 Å². The van der Waals surface area contributed by atoms with Crippen LogP contribution in [0, 0.1) is 6.92 Å². The maximum atomic E-state index is 12.1. The zero-order valence-corrected chi connectivity index (χ0v) is 17.6. The normalized spacial score (nSPS) is 11.6. The predicted octanol–water partition coefficient (Wildman–Crippen LogP) is 3.67. The third-order valence-corrected chi connectivity index (χ3v) is 5.72. The van der Waals surface area contributed by atoms with Gasteiger partial charge in [-0.1, -0.05) is 68.1 Å². The molecule has 3 aromatic rings. The molecule has 1 aromatic carbocycles. The lowest BCUT2D eigenvalue weighted by molar-refractivity contribution is -0.113. The maximum Gasteiger partial charge on any atom is 0.236 e. The summed E-state index contributed by atoms with van der Waals surface area (Å²) < 4.78 is 1.90. The van der Waals surface area contributed by atoms with Crippen molar-refractivity contribution in [1.29, 1.82) is 0 Å². The Morgan fingerprint density at radius 2 is 1.85 bits per heavy atom. The van der Waals surface area contributed by atoms with Crippen LogP contribution in [0.15, 0.2) is 29.4 Å². The molecule has 1 N–H and O–H groups in total. The van der Waals surface area contributed by atoms with Crippen molar-refractivity contribution in [2.24, 2.45) is 7.05 Å². The predicted molar refractivity (Wildman–Crippen MR) is 109 cm³/mol. The summed E-state index contributed by atoms with van der Waals surface area (Å²) in [7, 11) is 1.90. The van der Waals surface area contributed by atoms with E-state index in [0.717, 1.165) is 16.4 Å². The number of benzene rings is 1. The molecule has 0 saturated carbocycles. The van der Waals surface area contributed by atoms with Crippen LogP contribution in [-0.2, 0) is 17.3 Å². The molecule has 142 valence electrons. The van der Waals surface area contributed by atoms with E-state index in [1.807, 2.05) is 18.5 Å². The highest BCUT2D eigenvalue weighted by Crippen LogP contribution is 2.27. The van der Waals surface area contributed by atoms with Gasteiger partial charge >= 0.3 is 0 Å². The third-order valence-electron chi connectivity index (χ3n) is 3.95. The van der Waals surface area contributed by atoms with E-state index in [4.69, 9.17) is 0 Å². The van der Waals surface area contributed by atoms with Crippen molar-refractivity contribution in [3.05, 3.63) is 34.8 Å². The third kappa shape index (κ3) is 4.72. The van der Waals surface area contributed by atoms with E-state index in [9.17, 15) is 4.79 Å². The van der Waals surface area contributed by atoms with Gasteiger partial charge < -0.3 is 4.57 Å². The number of anilines is 1. The number of rotatable bonds is 5. The van der Waals surface area contributed by atoms with Gasteiger partial charge in [-0.2, -0.15) is 0 Å². The molecule has 1 amide bonds. The molecule has 7 nitrogen and oxygen atoms in total. The summed E-state index contributed by atoms with van der Waals surface area (Å²) in [6.45, 7) is 8.41. The standard InChI is InChI=1S/C18H22N6OS2/c1-11-20-22-16(27-11)19-14(25)10-26-17-23-21-15(24(17)5)12-6-8-13(9-7-12)18(2,3)4/h6-9H,10H2,1-5H3,(H,19,22,25). The first-order valence-electron chi connectivity index (χ1n) is 8.47. The van der Waals surface area contributed by atoms with Crippen LogP contribution in [0.2, 0.25) is 0 Å². The van der Waals surface area contributed by atoms with Crippen LogP contribution in [0.5, 0.6) is 0 Å². The van der Waals surface area contributed by atoms with Gasteiger partial charge in [-0.05, 0) is 17.9 Å². The minimum atomic E-state index is -0.143. The zero-order chi connectivity index (χ0) is 19.6. The van der Waals surface area contributed by atoms with Gasteiger partial charge in [-0.3, -0.25) is 10.1 Å². The van der Waals surface area contributed by atoms with Crippen molar-refractivity contribution in [3.63, 3.8) is 0 Å². The number of carbonyl (C=O) groups excluding carboxylic acids is 1. The van der Waals surface area contributed by atoms with Gasteiger partial charge in [0.15, 0.2) is 11.0 Å². The number of amides is 1. The lowest BCUT2D eigenvalue weighted by Gasteiger charge is -2.19. The largest absolute Gasteiger partial charge is 0.305 e. The van der Waals surface area contributed by atoms with Gasteiger partial charge in [-0.25, -0.2) is 0 Å². The monoisotopic (exact) mass is 402 g/mol. The Kier molecular flexibility index (Phi) is 5.61. The average molecular weight is 403 g/mol. The van der Waals surface area contributed by atoms with Crippen molar-refractivity contribution in [3.8, 4) is 11.4 Å². The number of carbonyl (C=O) groups is 1. The molecule has 0 unspecified atom stereocenters. The molecule has 3 rings (SSSR count). The van der Waals surface area contributed by atoms with E-state index in [1.54, 1.807) is 0 Å². The van der Waals surface area contributed by atoms with Crippen molar-refractivity contribution in [2.75, 3.05) is 11.1 Å². The second kappa shape index (κ2) is 7.77. The van der Waals surface area contributed by atoms with Crippen molar-refractivity contribution in [2.45, 2.75) is 38.3 Å². The summed E-state index contributed by atoms with van der Waals surface area (Å²) in [6, 6.07) is 8.36. The van der Waals surface area contributed by atoms with Gasteiger partial charge in [0.25, 0.3) is 0 Å².